The Bertz CT molecular complexity index is 1480. The van der Waals surface area contributed by atoms with Gasteiger partial charge in [0.05, 0.1) is 21.8 Å². The Morgan fingerprint density at radius 2 is 1.86 bits per heavy atom. The van der Waals surface area contributed by atoms with E-state index in [-0.39, 0.29) is 16.5 Å². The van der Waals surface area contributed by atoms with E-state index in [9.17, 15) is 19.1 Å². The largest absolute Gasteiger partial charge is 0.507 e. The van der Waals surface area contributed by atoms with Crippen LogP contribution >= 0.6 is 11.3 Å². The Labute approximate surface area is 204 Å². The SMILES string of the molecule is C=CCOc1ccc(C2/C(=C(\O)c3ccccc3)C(=O)C(=O)N2c2nc3ccc(F)cc3s2)cc1. The molecule has 0 spiro atoms. The summed E-state index contributed by atoms with van der Waals surface area (Å²) in [7, 11) is 0. The van der Waals surface area contributed by atoms with Crippen molar-refractivity contribution in [3.05, 3.63) is 108 Å². The van der Waals surface area contributed by atoms with E-state index in [1.807, 2.05) is 0 Å². The molecule has 0 bridgehead atoms. The number of ketones is 1. The van der Waals surface area contributed by atoms with Crippen LogP contribution in [0.1, 0.15) is 17.2 Å². The van der Waals surface area contributed by atoms with Crippen molar-refractivity contribution in [3.63, 3.8) is 0 Å². The minimum atomic E-state index is -0.936. The number of aliphatic hydroxyl groups is 1. The van der Waals surface area contributed by atoms with Gasteiger partial charge in [-0.2, -0.15) is 0 Å². The van der Waals surface area contributed by atoms with Crippen molar-refractivity contribution in [2.75, 3.05) is 11.5 Å². The molecule has 1 amide bonds. The Morgan fingerprint density at radius 3 is 2.57 bits per heavy atom. The second-order valence-corrected chi connectivity index (χ2v) is 8.82. The second-order valence-electron chi connectivity index (χ2n) is 7.81. The van der Waals surface area contributed by atoms with Gasteiger partial charge in [-0.15, -0.1) is 0 Å². The molecule has 1 aliphatic rings. The molecule has 4 aromatic rings. The quantitative estimate of drug-likeness (QED) is 0.165. The standard InChI is InChI=1S/C27H19FN2O4S/c1-2-14-34-19-11-8-16(9-12-19)23-22(24(31)17-6-4-3-5-7-17)25(32)26(33)30(23)27-29-20-13-10-18(28)15-21(20)35-27/h2-13,15,23,31H,1,14H2/b24-22+. The molecule has 1 atom stereocenters. The number of hydrogen-bond donors (Lipinski definition) is 1. The smallest absolute Gasteiger partial charge is 0.301 e. The van der Waals surface area contributed by atoms with Crippen LogP contribution in [0.5, 0.6) is 5.75 Å². The van der Waals surface area contributed by atoms with Gasteiger partial charge in [-0.1, -0.05) is 66.5 Å². The number of aliphatic hydroxyl groups excluding tert-OH is 1. The van der Waals surface area contributed by atoms with Crippen LogP contribution < -0.4 is 9.64 Å². The summed E-state index contributed by atoms with van der Waals surface area (Å²) in [6, 6.07) is 18.7. The third-order valence-electron chi connectivity index (χ3n) is 5.60. The minimum Gasteiger partial charge on any atom is -0.507 e. The second kappa shape index (κ2) is 9.15. The lowest BCUT2D eigenvalue weighted by Crippen LogP contribution is -2.29. The lowest BCUT2D eigenvalue weighted by Gasteiger charge is -2.23. The summed E-state index contributed by atoms with van der Waals surface area (Å²) < 4.78 is 19.9. The van der Waals surface area contributed by atoms with E-state index >= 15 is 0 Å². The summed E-state index contributed by atoms with van der Waals surface area (Å²) in [5.74, 6) is -1.77. The lowest BCUT2D eigenvalue weighted by atomic mass is 9.95. The Balaban J connectivity index is 1.68. The van der Waals surface area contributed by atoms with Crippen LogP contribution in [0.15, 0.2) is 91.0 Å². The number of fused-ring (bicyclic) bond motifs is 1. The molecule has 1 aliphatic heterocycles. The number of anilines is 1. The first-order valence-electron chi connectivity index (χ1n) is 10.7. The van der Waals surface area contributed by atoms with E-state index in [2.05, 4.69) is 11.6 Å². The van der Waals surface area contributed by atoms with Crippen molar-refractivity contribution in [1.29, 1.82) is 0 Å². The number of aromatic nitrogens is 1. The van der Waals surface area contributed by atoms with Crippen molar-refractivity contribution in [1.82, 2.24) is 4.98 Å². The number of Topliss-reactive ketones (excluding diaryl/α,β-unsaturated/α-hetero) is 1. The average molecular weight is 487 g/mol. The maximum atomic E-state index is 13.8. The highest BCUT2D eigenvalue weighted by Gasteiger charge is 2.48. The Morgan fingerprint density at radius 1 is 1.11 bits per heavy atom. The number of halogens is 1. The zero-order valence-corrected chi connectivity index (χ0v) is 19.2. The maximum absolute atomic E-state index is 13.8. The van der Waals surface area contributed by atoms with Crippen LogP contribution in [0.4, 0.5) is 9.52 Å². The van der Waals surface area contributed by atoms with Crippen molar-refractivity contribution >= 4 is 44.1 Å². The molecule has 5 rings (SSSR count). The molecular formula is C27H19FN2O4S. The first-order valence-corrected chi connectivity index (χ1v) is 11.6. The van der Waals surface area contributed by atoms with E-state index < -0.39 is 23.5 Å². The number of carbonyl (C=O) groups is 2. The highest BCUT2D eigenvalue weighted by Crippen LogP contribution is 2.44. The number of amides is 1. The van der Waals surface area contributed by atoms with E-state index in [0.29, 0.717) is 33.7 Å². The molecule has 8 heteroatoms. The average Bonchev–Trinajstić information content (AvgIpc) is 3.40. The summed E-state index contributed by atoms with van der Waals surface area (Å²) in [4.78, 5) is 32.3. The fraction of sp³-hybridized carbons (Fsp3) is 0.0741. The number of benzene rings is 3. The van der Waals surface area contributed by atoms with E-state index in [4.69, 9.17) is 4.74 Å². The van der Waals surface area contributed by atoms with E-state index in [1.165, 1.54) is 23.1 Å². The molecule has 0 radical (unpaired) electrons. The van der Waals surface area contributed by atoms with Gasteiger partial charge in [-0.25, -0.2) is 9.37 Å². The summed E-state index contributed by atoms with van der Waals surface area (Å²) >= 11 is 1.10. The molecule has 1 saturated heterocycles. The third-order valence-corrected chi connectivity index (χ3v) is 6.62. The van der Waals surface area contributed by atoms with Gasteiger partial charge < -0.3 is 9.84 Å². The first-order chi connectivity index (χ1) is 17.0. The molecule has 35 heavy (non-hydrogen) atoms. The number of ether oxygens (including phenoxy) is 1. The lowest BCUT2D eigenvalue weighted by molar-refractivity contribution is -0.132. The molecular weight excluding hydrogens is 467 g/mol. The van der Waals surface area contributed by atoms with Crippen molar-refractivity contribution < 1.29 is 23.8 Å². The summed E-state index contributed by atoms with van der Waals surface area (Å²) in [5.41, 5.74) is 1.44. The molecule has 174 valence electrons. The molecule has 3 aromatic carbocycles. The topological polar surface area (TPSA) is 79.7 Å². The van der Waals surface area contributed by atoms with Gasteiger partial charge in [-0.05, 0) is 35.9 Å². The van der Waals surface area contributed by atoms with Crippen molar-refractivity contribution in [2.24, 2.45) is 0 Å². The molecule has 2 heterocycles. The monoisotopic (exact) mass is 486 g/mol. The molecule has 0 aliphatic carbocycles. The van der Waals surface area contributed by atoms with Crippen molar-refractivity contribution in [2.45, 2.75) is 6.04 Å². The van der Waals surface area contributed by atoms with Crippen LogP contribution in [0.25, 0.3) is 16.0 Å². The van der Waals surface area contributed by atoms with Gasteiger partial charge in [-0.3, -0.25) is 14.5 Å². The van der Waals surface area contributed by atoms with Gasteiger partial charge in [0.1, 0.15) is 23.9 Å². The third kappa shape index (κ3) is 4.08. The zero-order chi connectivity index (χ0) is 24.5. The Kier molecular flexibility index (Phi) is 5.88. The minimum absolute atomic E-state index is 0.0496. The zero-order valence-electron chi connectivity index (χ0n) is 18.3. The molecule has 1 unspecified atom stereocenters. The van der Waals surface area contributed by atoms with Crippen LogP contribution in [0, 0.1) is 5.82 Å². The number of thiazole rings is 1. The highest BCUT2D eigenvalue weighted by atomic mass is 32.1. The summed E-state index contributed by atoms with van der Waals surface area (Å²) in [5, 5.41) is 11.4. The molecule has 1 fully saturated rings. The van der Waals surface area contributed by atoms with Crippen LogP contribution in [0.2, 0.25) is 0 Å². The fourth-order valence-electron chi connectivity index (χ4n) is 3.99. The normalized spacial score (nSPS) is 17.2. The molecule has 1 N–H and O–H groups in total. The fourth-order valence-corrected chi connectivity index (χ4v) is 5.00. The summed E-state index contributed by atoms with van der Waals surface area (Å²) in [6.07, 6.45) is 1.62. The number of hydrogen-bond acceptors (Lipinski definition) is 6. The number of nitrogens with zero attached hydrogens (tertiary/aromatic N) is 2. The van der Waals surface area contributed by atoms with E-state index in [1.54, 1.807) is 60.7 Å². The molecule has 6 nitrogen and oxygen atoms in total. The van der Waals surface area contributed by atoms with E-state index in [0.717, 1.165) is 11.3 Å². The predicted octanol–water partition coefficient (Wildman–Crippen LogP) is 5.63. The first kappa shape index (κ1) is 22.5. The molecule has 0 saturated carbocycles. The highest BCUT2D eigenvalue weighted by molar-refractivity contribution is 7.22. The van der Waals surface area contributed by atoms with Crippen LogP contribution in [0.3, 0.4) is 0 Å². The van der Waals surface area contributed by atoms with Crippen LogP contribution in [-0.4, -0.2) is 28.4 Å². The number of carbonyl (C=O) groups excluding carboxylic acids is 2. The van der Waals surface area contributed by atoms with Gasteiger partial charge in [0.2, 0.25) is 0 Å². The Hall–Kier alpha value is -4.30. The maximum Gasteiger partial charge on any atom is 0.301 e. The molecule has 1 aromatic heterocycles. The van der Waals surface area contributed by atoms with Crippen molar-refractivity contribution in [3.8, 4) is 5.75 Å². The van der Waals surface area contributed by atoms with Gasteiger partial charge >= 0.3 is 5.91 Å². The van der Waals surface area contributed by atoms with Gasteiger partial charge in [0, 0.05) is 5.56 Å². The predicted molar refractivity (Wildman–Crippen MR) is 133 cm³/mol. The van der Waals surface area contributed by atoms with Crippen LogP contribution in [-0.2, 0) is 9.59 Å². The number of rotatable bonds is 6. The van der Waals surface area contributed by atoms with Gasteiger partial charge in [0.25, 0.3) is 5.78 Å². The summed E-state index contributed by atoms with van der Waals surface area (Å²) in [6.45, 7) is 3.96. The van der Waals surface area contributed by atoms with Gasteiger partial charge in [0.15, 0.2) is 5.13 Å².